The lowest BCUT2D eigenvalue weighted by atomic mass is 10.00. The molecule has 3 nitrogen and oxygen atoms in total. The normalized spacial score (nSPS) is 19.9. The second kappa shape index (κ2) is 6.26. The molecule has 2 rings (SSSR count). The van der Waals surface area contributed by atoms with Crippen LogP contribution in [0, 0.1) is 17.5 Å². The number of nitrogens with zero attached hydrogens (tertiary/aromatic N) is 1. The second-order valence-corrected chi connectivity index (χ2v) is 5.11. The summed E-state index contributed by atoms with van der Waals surface area (Å²) in [7, 11) is 1.94. The van der Waals surface area contributed by atoms with Gasteiger partial charge in [0.05, 0.1) is 5.69 Å². The van der Waals surface area contributed by atoms with Crippen molar-refractivity contribution in [2.45, 2.75) is 31.7 Å². The van der Waals surface area contributed by atoms with Gasteiger partial charge < -0.3 is 10.2 Å². The van der Waals surface area contributed by atoms with Crippen molar-refractivity contribution >= 4 is 11.6 Å². The fourth-order valence-corrected chi connectivity index (χ4v) is 2.44. The third-order valence-electron chi connectivity index (χ3n) is 3.65. The monoisotopic (exact) mass is 286 g/mol. The minimum atomic E-state index is -1.57. The summed E-state index contributed by atoms with van der Waals surface area (Å²) < 4.78 is 39.3. The number of rotatable bonds is 3. The van der Waals surface area contributed by atoms with Gasteiger partial charge in [-0.3, -0.25) is 4.79 Å². The van der Waals surface area contributed by atoms with Gasteiger partial charge in [-0.25, -0.2) is 13.2 Å². The molecule has 1 aliphatic rings. The average Bonchev–Trinajstić information content (AvgIpc) is 2.42. The van der Waals surface area contributed by atoms with Crippen LogP contribution in [0.4, 0.5) is 18.9 Å². The highest BCUT2D eigenvalue weighted by Gasteiger charge is 2.22. The summed E-state index contributed by atoms with van der Waals surface area (Å²) >= 11 is 0. The lowest BCUT2D eigenvalue weighted by Gasteiger charge is -2.31. The number of hydrogen-bond acceptors (Lipinski definition) is 2. The van der Waals surface area contributed by atoms with E-state index in [4.69, 9.17) is 0 Å². The van der Waals surface area contributed by atoms with E-state index >= 15 is 0 Å². The fourth-order valence-electron chi connectivity index (χ4n) is 2.44. The van der Waals surface area contributed by atoms with E-state index < -0.39 is 23.4 Å². The Hall–Kier alpha value is -1.56. The summed E-state index contributed by atoms with van der Waals surface area (Å²) in [5, 5.41) is 2.30. The van der Waals surface area contributed by atoms with E-state index in [2.05, 4.69) is 10.2 Å². The molecule has 110 valence electrons. The van der Waals surface area contributed by atoms with Crippen LogP contribution in [0.3, 0.4) is 0 Å². The Morgan fingerprint density at radius 1 is 1.30 bits per heavy atom. The first-order valence-electron chi connectivity index (χ1n) is 6.62. The molecule has 1 atom stereocenters. The zero-order valence-corrected chi connectivity index (χ0v) is 11.3. The average molecular weight is 286 g/mol. The van der Waals surface area contributed by atoms with E-state index in [1.165, 1.54) is 0 Å². The Morgan fingerprint density at radius 3 is 2.75 bits per heavy atom. The Balaban J connectivity index is 1.99. The highest BCUT2D eigenvalue weighted by atomic mass is 19.2. The molecule has 0 saturated carbocycles. The number of likely N-dealkylation sites (tertiary alicyclic amines) is 1. The van der Waals surface area contributed by atoms with Crippen LogP contribution in [0.1, 0.15) is 25.7 Å². The molecule has 0 aliphatic carbocycles. The molecule has 1 unspecified atom stereocenters. The molecule has 1 N–H and O–H groups in total. The first-order valence-corrected chi connectivity index (χ1v) is 6.62. The van der Waals surface area contributed by atoms with E-state index in [1.807, 2.05) is 7.05 Å². The Labute approximate surface area is 115 Å². The Kier molecular flexibility index (Phi) is 4.65. The molecular formula is C14H17F3N2O. The molecule has 20 heavy (non-hydrogen) atoms. The van der Waals surface area contributed by atoms with Crippen molar-refractivity contribution in [3.05, 3.63) is 29.6 Å². The minimum absolute atomic E-state index is 0.108. The number of benzene rings is 1. The highest BCUT2D eigenvalue weighted by molar-refractivity contribution is 5.91. The quantitative estimate of drug-likeness (QED) is 0.867. The van der Waals surface area contributed by atoms with Crippen LogP contribution in [0.15, 0.2) is 12.1 Å². The first kappa shape index (κ1) is 14.8. The summed E-state index contributed by atoms with van der Waals surface area (Å²) in [5.41, 5.74) is -0.327. The maximum atomic E-state index is 13.4. The summed E-state index contributed by atoms with van der Waals surface area (Å²) in [6.45, 7) is 0.928. The zero-order valence-electron chi connectivity index (χ0n) is 11.3. The molecule has 0 bridgehead atoms. The number of carbonyl (C=O) groups is 1. The summed E-state index contributed by atoms with van der Waals surface area (Å²) in [6.07, 6.45) is 3.29. The zero-order chi connectivity index (χ0) is 14.7. The fraction of sp³-hybridized carbons (Fsp3) is 0.500. The van der Waals surface area contributed by atoms with Crippen molar-refractivity contribution < 1.29 is 18.0 Å². The molecule has 1 fully saturated rings. The topological polar surface area (TPSA) is 32.3 Å². The van der Waals surface area contributed by atoms with Crippen LogP contribution in [-0.4, -0.2) is 30.4 Å². The molecule has 1 aliphatic heterocycles. The molecule has 1 saturated heterocycles. The van der Waals surface area contributed by atoms with Crippen LogP contribution in [-0.2, 0) is 4.79 Å². The van der Waals surface area contributed by atoms with Gasteiger partial charge in [0.15, 0.2) is 17.5 Å². The van der Waals surface area contributed by atoms with Crippen molar-refractivity contribution in [2.24, 2.45) is 0 Å². The van der Waals surface area contributed by atoms with E-state index in [0.29, 0.717) is 0 Å². The molecule has 1 heterocycles. The molecule has 0 radical (unpaired) electrons. The van der Waals surface area contributed by atoms with Gasteiger partial charge in [0.25, 0.3) is 0 Å². The maximum absolute atomic E-state index is 13.4. The van der Waals surface area contributed by atoms with Gasteiger partial charge in [-0.2, -0.15) is 0 Å². The van der Waals surface area contributed by atoms with Crippen LogP contribution in [0.5, 0.6) is 0 Å². The van der Waals surface area contributed by atoms with Crippen LogP contribution in [0.25, 0.3) is 0 Å². The predicted molar refractivity (Wildman–Crippen MR) is 69.8 cm³/mol. The van der Waals surface area contributed by atoms with Gasteiger partial charge in [0.2, 0.25) is 5.91 Å². The van der Waals surface area contributed by atoms with Crippen molar-refractivity contribution in [3.8, 4) is 0 Å². The van der Waals surface area contributed by atoms with Crippen LogP contribution in [0.2, 0.25) is 0 Å². The molecule has 6 heteroatoms. The standard InChI is InChI=1S/C14H17F3N2O/c1-19-7-3-2-4-9(19)8-12(20)18-11-6-5-10(15)13(16)14(11)17/h5-6,9H,2-4,7-8H2,1H3,(H,18,20). The number of nitrogens with one attached hydrogen (secondary N) is 1. The molecular weight excluding hydrogens is 269 g/mol. The largest absolute Gasteiger partial charge is 0.323 e. The van der Waals surface area contributed by atoms with Crippen LogP contribution < -0.4 is 5.32 Å². The Morgan fingerprint density at radius 2 is 2.05 bits per heavy atom. The van der Waals surface area contributed by atoms with Gasteiger partial charge >= 0.3 is 0 Å². The minimum Gasteiger partial charge on any atom is -0.323 e. The van der Waals surface area contributed by atoms with Gasteiger partial charge in [-0.15, -0.1) is 0 Å². The molecule has 0 aromatic heterocycles. The second-order valence-electron chi connectivity index (χ2n) is 5.11. The third kappa shape index (κ3) is 3.30. The maximum Gasteiger partial charge on any atom is 0.226 e. The number of halogens is 3. The van der Waals surface area contributed by atoms with E-state index in [-0.39, 0.29) is 18.2 Å². The number of hydrogen-bond donors (Lipinski definition) is 1. The van der Waals surface area contributed by atoms with E-state index in [0.717, 1.165) is 37.9 Å². The van der Waals surface area contributed by atoms with Gasteiger partial charge in [0.1, 0.15) is 0 Å². The van der Waals surface area contributed by atoms with Gasteiger partial charge in [0, 0.05) is 12.5 Å². The van der Waals surface area contributed by atoms with Crippen molar-refractivity contribution in [2.75, 3.05) is 18.9 Å². The third-order valence-corrected chi connectivity index (χ3v) is 3.65. The first-order chi connectivity index (χ1) is 9.49. The van der Waals surface area contributed by atoms with Gasteiger partial charge in [-0.05, 0) is 38.6 Å². The summed E-state index contributed by atoms with van der Waals surface area (Å²) in [5.74, 6) is -4.60. The van der Waals surface area contributed by atoms with Crippen molar-refractivity contribution in [1.29, 1.82) is 0 Å². The highest BCUT2D eigenvalue weighted by Crippen LogP contribution is 2.21. The Bertz CT molecular complexity index is 507. The van der Waals surface area contributed by atoms with Crippen molar-refractivity contribution in [3.63, 3.8) is 0 Å². The summed E-state index contributed by atoms with van der Waals surface area (Å²) in [4.78, 5) is 13.9. The molecule has 1 aromatic carbocycles. The van der Waals surface area contributed by atoms with Crippen molar-refractivity contribution in [1.82, 2.24) is 4.90 Å². The number of amides is 1. The lowest BCUT2D eigenvalue weighted by molar-refractivity contribution is -0.117. The van der Waals surface area contributed by atoms with Crippen LogP contribution >= 0.6 is 0 Å². The number of anilines is 1. The molecule has 0 spiro atoms. The predicted octanol–water partition coefficient (Wildman–Crippen LogP) is 2.92. The number of piperidine rings is 1. The van der Waals surface area contributed by atoms with E-state index in [9.17, 15) is 18.0 Å². The smallest absolute Gasteiger partial charge is 0.226 e. The molecule has 1 amide bonds. The lowest BCUT2D eigenvalue weighted by Crippen LogP contribution is -2.38. The number of carbonyl (C=O) groups excluding carboxylic acids is 1. The van der Waals surface area contributed by atoms with E-state index in [1.54, 1.807) is 0 Å². The SMILES string of the molecule is CN1CCCCC1CC(=O)Nc1ccc(F)c(F)c1F. The molecule has 1 aromatic rings. The summed E-state index contributed by atoms with van der Waals surface area (Å²) in [6, 6.07) is 1.92. The van der Waals surface area contributed by atoms with Gasteiger partial charge in [-0.1, -0.05) is 6.42 Å².